The highest BCUT2D eigenvalue weighted by Crippen LogP contribution is 2.44. The molecule has 0 aliphatic carbocycles. The summed E-state index contributed by atoms with van der Waals surface area (Å²) in [5.74, 6) is -3.99. The summed E-state index contributed by atoms with van der Waals surface area (Å²) in [5.41, 5.74) is 1.94. The van der Waals surface area contributed by atoms with Gasteiger partial charge in [-0.2, -0.15) is 18.4 Å². The van der Waals surface area contributed by atoms with E-state index >= 15 is 8.78 Å². The highest BCUT2D eigenvalue weighted by Gasteiger charge is 2.40. The number of alkyl halides is 2. The van der Waals surface area contributed by atoms with Gasteiger partial charge >= 0.3 is 5.92 Å². The van der Waals surface area contributed by atoms with Crippen molar-refractivity contribution in [3.63, 3.8) is 0 Å². The second-order valence-corrected chi connectivity index (χ2v) is 10.4. The number of aromatic nitrogens is 5. The smallest absolute Gasteiger partial charge is 0.329 e. The topological polar surface area (TPSA) is 73.8 Å². The van der Waals surface area contributed by atoms with Gasteiger partial charge in [0.2, 0.25) is 13.2 Å². The largest absolute Gasteiger partial charge is 0.335 e. The van der Waals surface area contributed by atoms with Crippen molar-refractivity contribution in [2.45, 2.75) is 12.8 Å². The van der Waals surface area contributed by atoms with Crippen LogP contribution in [0, 0.1) is 0 Å². The van der Waals surface area contributed by atoms with Crippen LogP contribution in [0.3, 0.4) is 0 Å². The van der Waals surface area contributed by atoms with Crippen LogP contribution < -0.4 is 5.30 Å². The van der Waals surface area contributed by atoms with E-state index in [1.807, 2.05) is 6.07 Å². The Labute approximate surface area is 188 Å². The first-order chi connectivity index (χ1) is 15.9. The lowest BCUT2D eigenvalue weighted by Crippen LogP contribution is -2.21. The fourth-order valence-corrected chi connectivity index (χ4v) is 5.20. The third kappa shape index (κ3) is 3.53. The highest BCUT2D eigenvalue weighted by molar-refractivity contribution is 7.66. The molecule has 0 aliphatic heterocycles. The number of fused-ring (bicyclic) bond motifs is 2. The van der Waals surface area contributed by atoms with Gasteiger partial charge in [-0.05, 0) is 48.5 Å². The third-order valence-corrected chi connectivity index (χ3v) is 8.20. The molecule has 0 aliphatic rings. The van der Waals surface area contributed by atoms with Crippen molar-refractivity contribution >= 4 is 23.8 Å². The van der Waals surface area contributed by atoms with Crippen LogP contribution >= 0.6 is 7.37 Å². The predicted octanol–water partition coefficient (Wildman–Crippen LogP) is 4.75. The van der Waals surface area contributed by atoms with E-state index in [-0.39, 0.29) is 11.2 Å². The standard InChI is InChI=1S/C23H20F2N5O2P/c1-3-33(31,32-2)19-10-6-16(7-11-19)20-12-13-21-26-27-22(30(21)28-20)23(24,25)17-8-9-18-5-4-14-29(18)15-17/h4-15H,3H2,1-2H3. The molecule has 10 heteroatoms. The summed E-state index contributed by atoms with van der Waals surface area (Å²) in [5, 5.41) is 12.6. The zero-order valence-corrected chi connectivity index (χ0v) is 18.8. The monoisotopic (exact) mass is 467 g/mol. The highest BCUT2D eigenvalue weighted by atomic mass is 31.2. The first kappa shape index (κ1) is 21.4. The first-order valence-electron chi connectivity index (χ1n) is 10.3. The molecule has 0 amide bonds. The maximum atomic E-state index is 15.5. The molecule has 0 N–H and O–H groups in total. The van der Waals surface area contributed by atoms with E-state index in [1.54, 1.807) is 66.1 Å². The summed E-state index contributed by atoms with van der Waals surface area (Å²) in [6.07, 6.45) is 3.46. The van der Waals surface area contributed by atoms with Crippen molar-refractivity contribution in [3.8, 4) is 11.3 Å². The summed E-state index contributed by atoms with van der Waals surface area (Å²) in [6.45, 7) is 1.80. The zero-order chi connectivity index (χ0) is 23.2. The molecule has 1 atom stereocenters. The van der Waals surface area contributed by atoms with Crippen LogP contribution in [0.4, 0.5) is 8.78 Å². The summed E-state index contributed by atoms with van der Waals surface area (Å²) < 4.78 is 51.6. The number of halogens is 2. The molecular formula is C23H20F2N5O2P. The van der Waals surface area contributed by atoms with Gasteiger partial charge in [0, 0.05) is 47.6 Å². The Kier molecular flexibility index (Phi) is 5.11. The van der Waals surface area contributed by atoms with Gasteiger partial charge in [-0.1, -0.05) is 19.1 Å². The maximum Gasteiger partial charge on any atom is 0.335 e. The minimum absolute atomic E-state index is 0.210. The van der Waals surface area contributed by atoms with Crippen LogP contribution in [0.1, 0.15) is 18.3 Å². The zero-order valence-electron chi connectivity index (χ0n) is 17.9. The first-order valence-corrected chi connectivity index (χ1v) is 12.1. The van der Waals surface area contributed by atoms with Crippen molar-refractivity contribution in [1.82, 2.24) is 24.2 Å². The molecule has 0 saturated carbocycles. The average molecular weight is 467 g/mol. The van der Waals surface area contributed by atoms with E-state index in [4.69, 9.17) is 4.52 Å². The Morgan fingerprint density at radius 1 is 1.03 bits per heavy atom. The van der Waals surface area contributed by atoms with Crippen LogP contribution in [0.2, 0.25) is 0 Å². The minimum atomic E-state index is -3.42. The summed E-state index contributed by atoms with van der Waals surface area (Å²) in [6, 6.07) is 16.8. The van der Waals surface area contributed by atoms with Crippen molar-refractivity contribution < 1.29 is 17.9 Å². The van der Waals surface area contributed by atoms with Crippen LogP contribution in [0.25, 0.3) is 22.4 Å². The quantitative estimate of drug-likeness (QED) is 0.337. The second-order valence-electron chi connectivity index (χ2n) is 7.56. The number of hydrogen-bond acceptors (Lipinski definition) is 5. The van der Waals surface area contributed by atoms with Crippen LogP contribution in [-0.2, 0) is 15.0 Å². The fourth-order valence-electron chi connectivity index (χ4n) is 3.76. The molecule has 33 heavy (non-hydrogen) atoms. The van der Waals surface area contributed by atoms with E-state index in [0.29, 0.717) is 22.7 Å². The van der Waals surface area contributed by atoms with E-state index in [0.717, 1.165) is 10.0 Å². The molecular weight excluding hydrogens is 447 g/mol. The molecule has 1 aromatic carbocycles. The van der Waals surface area contributed by atoms with Gasteiger partial charge in [0.15, 0.2) is 5.65 Å². The molecule has 0 saturated heterocycles. The molecule has 4 heterocycles. The number of nitrogens with zero attached hydrogens (tertiary/aromatic N) is 5. The van der Waals surface area contributed by atoms with E-state index in [9.17, 15) is 4.57 Å². The number of hydrogen-bond donors (Lipinski definition) is 0. The Balaban J connectivity index is 1.56. The van der Waals surface area contributed by atoms with Gasteiger partial charge in [0.05, 0.1) is 5.69 Å². The molecule has 1 unspecified atom stereocenters. The minimum Gasteiger partial charge on any atom is -0.329 e. The lowest BCUT2D eigenvalue weighted by molar-refractivity contribution is 0.0302. The van der Waals surface area contributed by atoms with Crippen LogP contribution in [-0.4, -0.2) is 37.5 Å². The van der Waals surface area contributed by atoms with Gasteiger partial charge in [-0.3, -0.25) is 4.57 Å². The average Bonchev–Trinajstić information content (AvgIpc) is 3.50. The normalized spacial score (nSPS) is 14.1. The van der Waals surface area contributed by atoms with Crippen molar-refractivity contribution in [1.29, 1.82) is 0 Å². The van der Waals surface area contributed by atoms with Gasteiger partial charge < -0.3 is 8.92 Å². The Hall–Kier alpha value is -3.42. The molecule has 0 radical (unpaired) electrons. The molecule has 5 aromatic rings. The van der Waals surface area contributed by atoms with E-state index in [1.165, 1.54) is 19.4 Å². The Morgan fingerprint density at radius 3 is 2.55 bits per heavy atom. The third-order valence-electron chi connectivity index (χ3n) is 5.70. The van der Waals surface area contributed by atoms with Crippen molar-refractivity contribution in [2.24, 2.45) is 0 Å². The van der Waals surface area contributed by atoms with Crippen LogP contribution in [0.15, 0.2) is 73.1 Å². The number of benzene rings is 1. The van der Waals surface area contributed by atoms with E-state index in [2.05, 4.69) is 15.3 Å². The predicted molar refractivity (Wildman–Crippen MR) is 121 cm³/mol. The van der Waals surface area contributed by atoms with Gasteiger partial charge in [0.1, 0.15) is 0 Å². The maximum absolute atomic E-state index is 15.5. The molecule has 0 bridgehead atoms. The lowest BCUT2D eigenvalue weighted by Gasteiger charge is -2.16. The van der Waals surface area contributed by atoms with Gasteiger partial charge in [-0.25, -0.2) is 0 Å². The Morgan fingerprint density at radius 2 is 1.82 bits per heavy atom. The molecule has 4 aromatic heterocycles. The summed E-state index contributed by atoms with van der Waals surface area (Å²) in [7, 11) is -1.47. The van der Waals surface area contributed by atoms with Crippen molar-refractivity contribution in [3.05, 3.63) is 84.4 Å². The lowest BCUT2D eigenvalue weighted by atomic mass is 10.1. The molecule has 7 nitrogen and oxygen atoms in total. The van der Waals surface area contributed by atoms with Crippen molar-refractivity contribution in [2.75, 3.05) is 13.3 Å². The Bertz CT molecular complexity index is 1500. The molecule has 5 rings (SSSR count). The SMILES string of the molecule is CCP(=O)(OC)c1ccc(-c2ccc3nnc(C(F)(F)c4ccc5cccn5c4)n3n2)cc1. The van der Waals surface area contributed by atoms with Crippen LogP contribution in [0.5, 0.6) is 0 Å². The van der Waals surface area contributed by atoms with E-state index < -0.39 is 19.1 Å². The van der Waals surface area contributed by atoms with Gasteiger partial charge in [-0.15, -0.1) is 10.2 Å². The fraction of sp³-hybridized carbons (Fsp3) is 0.174. The molecule has 0 fully saturated rings. The summed E-state index contributed by atoms with van der Waals surface area (Å²) >= 11 is 0. The second kappa shape index (κ2) is 7.86. The molecule has 0 spiro atoms. The van der Waals surface area contributed by atoms with Gasteiger partial charge in [0.25, 0.3) is 0 Å². The molecule has 168 valence electrons. The number of pyridine rings is 1. The number of rotatable bonds is 6. The summed E-state index contributed by atoms with van der Waals surface area (Å²) in [4.78, 5) is 0.